The highest BCUT2D eigenvalue weighted by atomic mass is 16.5. The summed E-state index contributed by atoms with van der Waals surface area (Å²) in [5.41, 5.74) is 1.27. The molecular weight excluding hydrogens is 292 g/mol. The van der Waals surface area contributed by atoms with Crippen LogP contribution in [0.25, 0.3) is 0 Å². The number of nitrogens with zero attached hydrogens (tertiary/aromatic N) is 2. The van der Waals surface area contributed by atoms with Gasteiger partial charge in [0.2, 0.25) is 5.91 Å². The summed E-state index contributed by atoms with van der Waals surface area (Å²) in [6.07, 6.45) is 1.11. The van der Waals surface area contributed by atoms with Crippen LogP contribution in [-0.4, -0.2) is 62.7 Å². The standard InChI is InChI=1S/C18H26N2O3/c1-22-10-9-20-8-7-15-12-19(13-17(15)18(20)21)11-14-3-5-16(23-2)6-4-14/h3-6,15,17H,7-13H2,1-2H3/t15-,17-/m1/s1. The summed E-state index contributed by atoms with van der Waals surface area (Å²) in [7, 11) is 3.37. The molecule has 3 rings (SSSR count). The fourth-order valence-corrected chi connectivity index (χ4v) is 3.74. The SMILES string of the molecule is COCCN1CC[C@@H]2CN(Cc3ccc(OC)cc3)C[C@H]2C1=O. The van der Waals surface area contributed by atoms with E-state index in [1.165, 1.54) is 5.56 Å². The van der Waals surface area contributed by atoms with Crippen LogP contribution in [0.4, 0.5) is 0 Å². The molecule has 1 aromatic carbocycles. The van der Waals surface area contributed by atoms with Crippen molar-refractivity contribution in [2.24, 2.45) is 11.8 Å². The van der Waals surface area contributed by atoms with E-state index >= 15 is 0 Å². The zero-order valence-corrected chi connectivity index (χ0v) is 14.0. The number of amides is 1. The minimum Gasteiger partial charge on any atom is -0.497 e. The topological polar surface area (TPSA) is 42.0 Å². The van der Waals surface area contributed by atoms with Gasteiger partial charge in [-0.05, 0) is 30.0 Å². The number of likely N-dealkylation sites (tertiary alicyclic amines) is 2. The molecular formula is C18H26N2O3. The highest BCUT2D eigenvalue weighted by Crippen LogP contribution is 2.32. The smallest absolute Gasteiger partial charge is 0.227 e. The van der Waals surface area contributed by atoms with Crippen molar-refractivity contribution in [2.45, 2.75) is 13.0 Å². The van der Waals surface area contributed by atoms with Gasteiger partial charge in [-0.1, -0.05) is 12.1 Å². The van der Waals surface area contributed by atoms with Crippen molar-refractivity contribution >= 4 is 5.91 Å². The molecule has 2 heterocycles. The van der Waals surface area contributed by atoms with E-state index in [1.807, 2.05) is 17.0 Å². The third-order valence-corrected chi connectivity index (χ3v) is 5.05. The molecule has 23 heavy (non-hydrogen) atoms. The number of fused-ring (bicyclic) bond motifs is 1. The molecule has 1 amide bonds. The van der Waals surface area contributed by atoms with E-state index in [9.17, 15) is 4.79 Å². The van der Waals surface area contributed by atoms with E-state index in [1.54, 1.807) is 14.2 Å². The first-order valence-electron chi connectivity index (χ1n) is 8.34. The Morgan fingerprint density at radius 1 is 1.17 bits per heavy atom. The Morgan fingerprint density at radius 3 is 2.65 bits per heavy atom. The highest BCUT2D eigenvalue weighted by molar-refractivity contribution is 5.80. The molecule has 5 nitrogen and oxygen atoms in total. The second-order valence-electron chi connectivity index (χ2n) is 6.52. The van der Waals surface area contributed by atoms with Gasteiger partial charge in [0.15, 0.2) is 0 Å². The summed E-state index contributed by atoms with van der Waals surface area (Å²) < 4.78 is 10.3. The predicted octanol–water partition coefficient (Wildman–Crippen LogP) is 1.62. The van der Waals surface area contributed by atoms with Crippen molar-refractivity contribution < 1.29 is 14.3 Å². The summed E-state index contributed by atoms with van der Waals surface area (Å²) in [4.78, 5) is 17.0. The second-order valence-corrected chi connectivity index (χ2v) is 6.52. The number of carbonyl (C=O) groups excluding carboxylic acids is 1. The summed E-state index contributed by atoms with van der Waals surface area (Å²) in [5.74, 6) is 1.88. The lowest BCUT2D eigenvalue weighted by atomic mass is 9.88. The third kappa shape index (κ3) is 3.67. The number of ether oxygens (including phenoxy) is 2. The van der Waals surface area contributed by atoms with Crippen molar-refractivity contribution in [1.82, 2.24) is 9.80 Å². The van der Waals surface area contributed by atoms with Gasteiger partial charge in [-0.3, -0.25) is 9.69 Å². The fourth-order valence-electron chi connectivity index (χ4n) is 3.74. The van der Waals surface area contributed by atoms with Gasteiger partial charge in [0, 0.05) is 39.8 Å². The molecule has 2 fully saturated rings. The molecule has 126 valence electrons. The Balaban J connectivity index is 1.57. The molecule has 0 aromatic heterocycles. The Hall–Kier alpha value is -1.59. The molecule has 0 N–H and O–H groups in total. The molecule has 2 atom stereocenters. The van der Waals surface area contributed by atoms with Crippen LogP contribution in [0, 0.1) is 11.8 Å². The minimum atomic E-state index is 0.166. The van der Waals surface area contributed by atoms with Crippen LogP contribution >= 0.6 is 0 Å². The number of methoxy groups -OCH3 is 2. The first kappa shape index (κ1) is 16.3. The van der Waals surface area contributed by atoms with E-state index in [4.69, 9.17) is 9.47 Å². The van der Waals surface area contributed by atoms with Crippen LogP contribution in [-0.2, 0) is 16.1 Å². The number of piperidine rings is 1. The first-order valence-corrected chi connectivity index (χ1v) is 8.34. The van der Waals surface area contributed by atoms with E-state index in [0.717, 1.165) is 44.9 Å². The van der Waals surface area contributed by atoms with Crippen LogP contribution in [0.1, 0.15) is 12.0 Å². The predicted molar refractivity (Wildman–Crippen MR) is 88.3 cm³/mol. The third-order valence-electron chi connectivity index (χ3n) is 5.05. The number of hydrogen-bond acceptors (Lipinski definition) is 4. The molecule has 2 aliphatic heterocycles. The molecule has 2 saturated heterocycles. The fraction of sp³-hybridized carbons (Fsp3) is 0.611. The Morgan fingerprint density at radius 2 is 1.96 bits per heavy atom. The lowest BCUT2D eigenvalue weighted by Crippen LogP contribution is -2.46. The van der Waals surface area contributed by atoms with Gasteiger partial charge in [-0.2, -0.15) is 0 Å². The number of benzene rings is 1. The number of carbonyl (C=O) groups is 1. The first-order chi connectivity index (χ1) is 11.2. The van der Waals surface area contributed by atoms with Gasteiger partial charge in [-0.15, -0.1) is 0 Å². The van der Waals surface area contributed by atoms with Gasteiger partial charge < -0.3 is 14.4 Å². The van der Waals surface area contributed by atoms with Gasteiger partial charge in [-0.25, -0.2) is 0 Å². The van der Waals surface area contributed by atoms with Crippen LogP contribution < -0.4 is 4.74 Å². The molecule has 0 aliphatic carbocycles. The Kier molecular flexibility index (Phi) is 5.18. The lowest BCUT2D eigenvalue weighted by molar-refractivity contribution is -0.140. The average molecular weight is 318 g/mol. The zero-order valence-electron chi connectivity index (χ0n) is 14.0. The summed E-state index contributed by atoms with van der Waals surface area (Å²) in [5, 5.41) is 0. The molecule has 0 radical (unpaired) electrons. The monoisotopic (exact) mass is 318 g/mol. The van der Waals surface area contributed by atoms with E-state index in [-0.39, 0.29) is 5.92 Å². The van der Waals surface area contributed by atoms with E-state index in [2.05, 4.69) is 17.0 Å². The summed E-state index contributed by atoms with van der Waals surface area (Å²) in [6, 6.07) is 8.20. The van der Waals surface area contributed by atoms with Crippen molar-refractivity contribution in [3.63, 3.8) is 0 Å². The summed E-state index contributed by atoms with van der Waals surface area (Å²) in [6.45, 7) is 5.03. The van der Waals surface area contributed by atoms with Crippen LogP contribution in [0.15, 0.2) is 24.3 Å². The van der Waals surface area contributed by atoms with Crippen molar-refractivity contribution in [1.29, 1.82) is 0 Å². The van der Waals surface area contributed by atoms with Crippen molar-refractivity contribution in [2.75, 3.05) is 47.0 Å². The maximum atomic E-state index is 12.6. The van der Waals surface area contributed by atoms with Gasteiger partial charge in [0.25, 0.3) is 0 Å². The number of hydrogen-bond donors (Lipinski definition) is 0. The second kappa shape index (κ2) is 7.32. The Labute approximate surface area is 138 Å². The van der Waals surface area contributed by atoms with Crippen LogP contribution in [0.5, 0.6) is 5.75 Å². The van der Waals surface area contributed by atoms with Crippen LogP contribution in [0.3, 0.4) is 0 Å². The summed E-state index contributed by atoms with van der Waals surface area (Å²) >= 11 is 0. The zero-order chi connectivity index (χ0) is 16.2. The lowest BCUT2D eigenvalue weighted by Gasteiger charge is -2.33. The van der Waals surface area contributed by atoms with Crippen LogP contribution in [0.2, 0.25) is 0 Å². The molecule has 1 aromatic rings. The molecule has 0 unspecified atom stereocenters. The maximum absolute atomic E-state index is 12.6. The van der Waals surface area contributed by atoms with E-state index in [0.29, 0.717) is 18.4 Å². The molecule has 0 bridgehead atoms. The minimum absolute atomic E-state index is 0.166. The Bertz CT molecular complexity index is 532. The van der Waals surface area contributed by atoms with Gasteiger partial charge in [0.1, 0.15) is 5.75 Å². The van der Waals surface area contributed by atoms with Crippen molar-refractivity contribution in [3.05, 3.63) is 29.8 Å². The highest BCUT2D eigenvalue weighted by Gasteiger charge is 2.42. The maximum Gasteiger partial charge on any atom is 0.227 e. The number of rotatable bonds is 6. The van der Waals surface area contributed by atoms with E-state index < -0.39 is 0 Å². The van der Waals surface area contributed by atoms with Gasteiger partial charge in [0.05, 0.1) is 19.6 Å². The van der Waals surface area contributed by atoms with Gasteiger partial charge >= 0.3 is 0 Å². The molecule has 5 heteroatoms. The largest absolute Gasteiger partial charge is 0.497 e. The van der Waals surface area contributed by atoms with Crippen molar-refractivity contribution in [3.8, 4) is 5.75 Å². The quantitative estimate of drug-likeness (QED) is 0.799. The molecule has 2 aliphatic rings. The average Bonchev–Trinajstić information content (AvgIpc) is 2.98. The molecule has 0 saturated carbocycles. The molecule has 0 spiro atoms. The normalized spacial score (nSPS) is 24.8.